The van der Waals surface area contributed by atoms with Gasteiger partial charge in [-0.3, -0.25) is 9.59 Å². The molecule has 126 valence electrons. The first-order chi connectivity index (χ1) is 10.9. The normalized spacial score (nSPS) is 21.0. The summed E-state index contributed by atoms with van der Waals surface area (Å²) in [5, 5.41) is 13.8. The minimum Gasteiger partial charge on any atom is -0.496 e. The van der Waals surface area contributed by atoms with E-state index in [1.165, 1.54) is 18.9 Å². The minimum atomic E-state index is -1.55. The molecular formula is C16H21ClN2O4. The molecule has 23 heavy (non-hydrogen) atoms. The van der Waals surface area contributed by atoms with Crippen LogP contribution < -0.4 is 10.1 Å². The standard InChI is InChI=1S/C16H21ClN2O4/c1-11(20)19-7-3-6-16(22,10-19)15(21)18-9-12-4-5-13(17)8-14(12)23-2/h4-5,8,22H,3,6-7,9-10H2,1-2H3,(H,18,21)/t16-/m1/s1. The monoisotopic (exact) mass is 340 g/mol. The molecule has 1 aliphatic heterocycles. The molecule has 1 heterocycles. The van der Waals surface area contributed by atoms with Gasteiger partial charge in [0, 0.05) is 30.6 Å². The van der Waals surface area contributed by atoms with Crippen molar-refractivity contribution >= 4 is 23.4 Å². The number of rotatable bonds is 4. The predicted molar refractivity (Wildman–Crippen MR) is 86.3 cm³/mol. The molecule has 2 N–H and O–H groups in total. The number of β-amino-alcohol motifs (C(OH)–C–C–N with tert-alkyl or cyclic N) is 1. The highest BCUT2D eigenvalue weighted by atomic mass is 35.5. The van der Waals surface area contributed by atoms with Gasteiger partial charge in [-0.15, -0.1) is 0 Å². The second-order valence-corrected chi connectivity index (χ2v) is 6.15. The van der Waals surface area contributed by atoms with E-state index in [1.807, 2.05) is 0 Å². The lowest BCUT2D eigenvalue weighted by Crippen LogP contribution is -2.57. The van der Waals surface area contributed by atoms with Crippen molar-refractivity contribution in [1.82, 2.24) is 10.2 Å². The van der Waals surface area contributed by atoms with Crippen molar-refractivity contribution in [2.45, 2.75) is 31.9 Å². The van der Waals surface area contributed by atoms with Crippen LogP contribution in [0.5, 0.6) is 5.75 Å². The maximum atomic E-state index is 12.4. The van der Waals surface area contributed by atoms with Gasteiger partial charge in [0.2, 0.25) is 5.91 Å². The first-order valence-electron chi connectivity index (χ1n) is 7.44. The van der Waals surface area contributed by atoms with Crippen molar-refractivity contribution in [3.63, 3.8) is 0 Å². The average Bonchev–Trinajstić information content (AvgIpc) is 2.53. The second kappa shape index (κ2) is 7.19. The Morgan fingerprint density at radius 1 is 1.48 bits per heavy atom. The van der Waals surface area contributed by atoms with Crippen LogP contribution in [0.3, 0.4) is 0 Å². The smallest absolute Gasteiger partial charge is 0.254 e. The van der Waals surface area contributed by atoms with Crippen LogP contribution in [-0.2, 0) is 16.1 Å². The van der Waals surface area contributed by atoms with Gasteiger partial charge >= 0.3 is 0 Å². The van der Waals surface area contributed by atoms with Crippen molar-refractivity contribution in [3.8, 4) is 5.75 Å². The number of carbonyl (C=O) groups excluding carboxylic acids is 2. The summed E-state index contributed by atoms with van der Waals surface area (Å²) < 4.78 is 5.23. The van der Waals surface area contributed by atoms with Gasteiger partial charge in [-0.2, -0.15) is 0 Å². The van der Waals surface area contributed by atoms with E-state index >= 15 is 0 Å². The number of carbonyl (C=O) groups is 2. The summed E-state index contributed by atoms with van der Waals surface area (Å²) in [6.07, 6.45) is 0.925. The number of methoxy groups -OCH3 is 1. The largest absolute Gasteiger partial charge is 0.496 e. The third kappa shape index (κ3) is 4.14. The summed E-state index contributed by atoms with van der Waals surface area (Å²) in [5.41, 5.74) is -0.795. The van der Waals surface area contributed by atoms with Crippen molar-refractivity contribution in [2.75, 3.05) is 20.2 Å². The number of nitrogens with one attached hydrogen (secondary N) is 1. The summed E-state index contributed by atoms with van der Waals surface area (Å²) in [4.78, 5) is 25.3. The molecule has 2 rings (SSSR count). The zero-order valence-corrected chi connectivity index (χ0v) is 14.0. The molecule has 1 atom stereocenters. The number of hydrogen-bond donors (Lipinski definition) is 2. The average molecular weight is 341 g/mol. The molecule has 0 spiro atoms. The molecule has 0 radical (unpaired) electrons. The Bertz CT molecular complexity index is 608. The molecular weight excluding hydrogens is 320 g/mol. The maximum Gasteiger partial charge on any atom is 0.254 e. The molecule has 1 aromatic carbocycles. The number of ether oxygens (including phenoxy) is 1. The Morgan fingerprint density at radius 3 is 2.87 bits per heavy atom. The van der Waals surface area contributed by atoms with Gasteiger partial charge in [-0.05, 0) is 25.0 Å². The third-order valence-corrected chi connectivity index (χ3v) is 4.26. The second-order valence-electron chi connectivity index (χ2n) is 5.71. The van der Waals surface area contributed by atoms with Crippen LogP contribution in [0.15, 0.2) is 18.2 Å². The molecule has 6 nitrogen and oxygen atoms in total. The highest BCUT2D eigenvalue weighted by Gasteiger charge is 2.40. The molecule has 1 aromatic rings. The van der Waals surface area contributed by atoms with Crippen LogP contribution in [0.25, 0.3) is 0 Å². The van der Waals surface area contributed by atoms with Crippen molar-refractivity contribution < 1.29 is 19.4 Å². The van der Waals surface area contributed by atoms with Gasteiger partial charge in [-0.25, -0.2) is 0 Å². The molecule has 7 heteroatoms. The Hall–Kier alpha value is -1.79. The van der Waals surface area contributed by atoms with Crippen LogP contribution in [0.2, 0.25) is 5.02 Å². The summed E-state index contributed by atoms with van der Waals surface area (Å²) in [5.74, 6) is -0.0606. The highest BCUT2D eigenvalue weighted by molar-refractivity contribution is 6.30. The third-order valence-electron chi connectivity index (χ3n) is 4.03. The van der Waals surface area contributed by atoms with Gasteiger partial charge in [0.1, 0.15) is 5.75 Å². The van der Waals surface area contributed by atoms with Crippen LogP contribution in [0.4, 0.5) is 0 Å². The lowest BCUT2D eigenvalue weighted by molar-refractivity contribution is -0.150. The summed E-state index contributed by atoms with van der Waals surface area (Å²) in [6, 6.07) is 5.13. The van der Waals surface area contributed by atoms with E-state index in [0.717, 1.165) is 5.56 Å². The minimum absolute atomic E-state index is 0.0198. The fourth-order valence-electron chi connectivity index (χ4n) is 2.69. The topological polar surface area (TPSA) is 78.9 Å². The van der Waals surface area contributed by atoms with E-state index in [0.29, 0.717) is 30.2 Å². The number of nitrogens with zero attached hydrogens (tertiary/aromatic N) is 1. The number of aliphatic hydroxyl groups is 1. The zero-order valence-electron chi connectivity index (χ0n) is 13.3. The Labute approximate surface area is 140 Å². The van der Waals surface area contributed by atoms with E-state index in [9.17, 15) is 14.7 Å². The van der Waals surface area contributed by atoms with E-state index in [-0.39, 0.29) is 19.0 Å². The molecule has 1 aliphatic rings. The van der Waals surface area contributed by atoms with Crippen molar-refractivity contribution in [2.24, 2.45) is 0 Å². The number of piperidine rings is 1. The van der Waals surface area contributed by atoms with Crippen LogP contribution in [-0.4, -0.2) is 47.6 Å². The van der Waals surface area contributed by atoms with E-state index in [4.69, 9.17) is 16.3 Å². The zero-order chi connectivity index (χ0) is 17.0. The van der Waals surface area contributed by atoms with Crippen LogP contribution in [0, 0.1) is 0 Å². The first kappa shape index (κ1) is 17.6. The number of likely N-dealkylation sites (tertiary alicyclic amines) is 1. The highest BCUT2D eigenvalue weighted by Crippen LogP contribution is 2.24. The number of halogens is 1. The van der Waals surface area contributed by atoms with Gasteiger partial charge in [0.15, 0.2) is 5.60 Å². The summed E-state index contributed by atoms with van der Waals surface area (Å²) in [7, 11) is 1.52. The summed E-state index contributed by atoms with van der Waals surface area (Å²) >= 11 is 5.90. The fraction of sp³-hybridized carbons (Fsp3) is 0.500. The number of hydrogen-bond acceptors (Lipinski definition) is 4. The molecule has 1 saturated heterocycles. The molecule has 0 saturated carbocycles. The molecule has 0 aliphatic carbocycles. The molecule has 2 amide bonds. The van der Waals surface area contributed by atoms with Crippen molar-refractivity contribution in [1.29, 1.82) is 0 Å². The van der Waals surface area contributed by atoms with E-state index in [1.54, 1.807) is 18.2 Å². The van der Waals surface area contributed by atoms with E-state index in [2.05, 4.69) is 5.32 Å². The maximum absolute atomic E-state index is 12.4. The lowest BCUT2D eigenvalue weighted by Gasteiger charge is -2.37. The van der Waals surface area contributed by atoms with Crippen LogP contribution >= 0.6 is 11.6 Å². The SMILES string of the molecule is COc1cc(Cl)ccc1CNC(=O)[C@@]1(O)CCCN(C(C)=O)C1. The van der Waals surface area contributed by atoms with Gasteiger partial charge < -0.3 is 20.1 Å². The van der Waals surface area contributed by atoms with Crippen LogP contribution in [0.1, 0.15) is 25.3 Å². The number of benzene rings is 1. The lowest BCUT2D eigenvalue weighted by atomic mass is 9.91. The predicted octanol–water partition coefficient (Wildman–Crippen LogP) is 1.34. The summed E-state index contributed by atoms with van der Waals surface area (Å²) in [6.45, 7) is 2.23. The van der Waals surface area contributed by atoms with Gasteiger partial charge in [-0.1, -0.05) is 17.7 Å². The Morgan fingerprint density at radius 2 is 2.22 bits per heavy atom. The Kier molecular flexibility index (Phi) is 5.49. The molecule has 0 unspecified atom stereocenters. The fourth-order valence-corrected chi connectivity index (χ4v) is 2.86. The molecule has 1 fully saturated rings. The Balaban J connectivity index is 2.03. The molecule has 0 bridgehead atoms. The van der Waals surface area contributed by atoms with Gasteiger partial charge in [0.05, 0.1) is 13.7 Å². The molecule has 0 aromatic heterocycles. The van der Waals surface area contributed by atoms with Gasteiger partial charge in [0.25, 0.3) is 5.91 Å². The van der Waals surface area contributed by atoms with Crippen molar-refractivity contribution in [3.05, 3.63) is 28.8 Å². The van der Waals surface area contributed by atoms with E-state index < -0.39 is 11.5 Å². The quantitative estimate of drug-likeness (QED) is 0.867. The number of amides is 2. The first-order valence-corrected chi connectivity index (χ1v) is 7.82.